The fourth-order valence-corrected chi connectivity index (χ4v) is 1.56. The molecule has 7 heteroatoms. The van der Waals surface area contributed by atoms with E-state index in [1.807, 2.05) is 0 Å². The molecule has 0 spiro atoms. The molecule has 2 aromatic heterocycles. The van der Waals surface area contributed by atoms with Crippen molar-refractivity contribution in [3.63, 3.8) is 0 Å². The van der Waals surface area contributed by atoms with Crippen molar-refractivity contribution in [3.05, 3.63) is 28.2 Å². The SMILES string of the molecule is Cn1c([O-])nc2nccc(CC(N)=O)c2c1=O. The van der Waals surface area contributed by atoms with Crippen LogP contribution in [0.5, 0.6) is 6.01 Å². The van der Waals surface area contributed by atoms with Crippen molar-refractivity contribution in [2.45, 2.75) is 6.42 Å². The Morgan fingerprint density at radius 3 is 2.94 bits per heavy atom. The summed E-state index contributed by atoms with van der Waals surface area (Å²) in [5.41, 5.74) is 5.02. The molecule has 0 radical (unpaired) electrons. The highest BCUT2D eigenvalue weighted by molar-refractivity contribution is 5.85. The van der Waals surface area contributed by atoms with Gasteiger partial charge >= 0.3 is 0 Å². The first kappa shape index (κ1) is 11.1. The normalized spacial score (nSPS) is 10.6. The maximum absolute atomic E-state index is 11.9. The first-order valence-electron chi connectivity index (χ1n) is 4.80. The molecule has 17 heavy (non-hydrogen) atoms. The quantitative estimate of drug-likeness (QED) is 0.673. The van der Waals surface area contributed by atoms with Gasteiger partial charge in [0.2, 0.25) is 5.91 Å². The van der Waals surface area contributed by atoms with Crippen LogP contribution in [0.4, 0.5) is 0 Å². The third-order valence-electron chi connectivity index (χ3n) is 2.39. The number of nitrogens with zero attached hydrogens (tertiary/aromatic N) is 3. The van der Waals surface area contributed by atoms with E-state index in [2.05, 4.69) is 9.97 Å². The van der Waals surface area contributed by atoms with E-state index in [9.17, 15) is 14.7 Å². The molecular weight excluding hydrogens is 224 g/mol. The predicted octanol–water partition coefficient (Wildman–Crippen LogP) is -1.57. The van der Waals surface area contributed by atoms with Gasteiger partial charge in [-0.05, 0) is 11.6 Å². The number of rotatable bonds is 2. The van der Waals surface area contributed by atoms with Crippen LogP contribution in [0.2, 0.25) is 0 Å². The molecule has 0 aromatic carbocycles. The zero-order chi connectivity index (χ0) is 12.6. The minimum absolute atomic E-state index is 0.0388. The topological polar surface area (TPSA) is 114 Å². The Balaban J connectivity index is 2.84. The standard InChI is InChI=1S/C10H10N4O3/c1-14-9(16)7-5(4-6(11)15)2-3-12-8(7)13-10(14)17/h2-3H,4H2,1H3,(H2,11,15)(H,12,13,17)/p-1. The number of carbonyl (C=O) groups excluding carboxylic acids is 1. The van der Waals surface area contributed by atoms with Crippen LogP contribution < -0.4 is 16.4 Å². The smallest absolute Gasteiger partial charge is 0.262 e. The van der Waals surface area contributed by atoms with Gasteiger partial charge < -0.3 is 15.4 Å². The second kappa shape index (κ2) is 3.85. The molecule has 0 aliphatic carbocycles. The third-order valence-corrected chi connectivity index (χ3v) is 2.39. The molecule has 0 saturated carbocycles. The highest BCUT2D eigenvalue weighted by atomic mass is 16.3. The van der Waals surface area contributed by atoms with Crippen molar-refractivity contribution in [2.24, 2.45) is 12.8 Å². The maximum atomic E-state index is 11.9. The van der Waals surface area contributed by atoms with Crippen LogP contribution in [0.3, 0.4) is 0 Å². The molecule has 2 rings (SSSR count). The summed E-state index contributed by atoms with van der Waals surface area (Å²) in [5.74, 6) is -0.564. The van der Waals surface area contributed by atoms with E-state index in [0.29, 0.717) is 5.56 Å². The van der Waals surface area contributed by atoms with Gasteiger partial charge in [0.15, 0.2) is 5.65 Å². The van der Waals surface area contributed by atoms with E-state index in [0.717, 1.165) is 4.57 Å². The Hall–Kier alpha value is -2.44. The lowest BCUT2D eigenvalue weighted by Gasteiger charge is -2.12. The van der Waals surface area contributed by atoms with E-state index in [1.165, 1.54) is 19.3 Å². The number of nitrogens with two attached hydrogens (primary N) is 1. The lowest BCUT2D eigenvalue weighted by atomic mass is 10.1. The molecule has 1 amide bonds. The number of amides is 1. The number of hydrogen-bond acceptors (Lipinski definition) is 5. The molecule has 0 saturated heterocycles. The van der Waals surface area contributed by atoms with Crippen LogP contribution in [0, 0.1) is 0 Å². The Kier molecular flexibility index (Phi) is 2.51. The molecule has 7 nitrogen and oxygen atoms in total. The molecule has 2 N–H and O–H groups in total. The molecular formula is C10H9N4O3-. The molecule has 0 atom stereocenters. The fraction of sp³-hybridized carbons (Fsp3) is 0.200. The lowest BCUT2D eigenvalue weighted by Crippen LogP contribution is -2.24. The van der Waals surface area contributed by atoms with Gasteiger partial charge in [-0.2, -0.15) is 0 Å². The first-order chi connectivity index (χ1) is 8.00. The van der Waals surface area contributed by atoms with Gasteiger partial charge in [-0.3, -0.25) is 9.59 Å². The number of carbonyl (C=O) groups is 1. The highest BCUT2D eigenvalue weighted by Gasteiger charge is 2.11. The monoisotopic (exact) mass is 233 g/mol. The van der Waals surface area contributed by atoms with Gasteiger partial charge in [0.25, 0.3) is 5.56 Å². The fourth-order valence-electron chi connectivity index (χ4n) is 1.56. The minimum Gasteiger partial charge on any atom is -0.846 e. The third kappa shape index (κ3) is 1.82. The van der Waals surface area contributed by atoms with Crippen LogP contribution >= 0.6 is 0 Å². The molecule has 2 heterocycles. The van der Waals surface area contributed by atoms with Crippen molar-refractivity contribution in [2.75, 3.05) is 0 Å². The van der Waals surface area contributed by atoms with Gasteiger partial charge in [0.1, 0.15) is 0 Å². The van der Waals surface area contributed by atoms with Crippen LogP contribution in [0.25, 0.3) is 11.0 Å². The Bertz CT molecular complexity index is 662. The van der Waals surface area contributed by atoms with Crippen molar-refractivity contribution < 1.29 is 9.90 Å². The number of fused-ring (bicyclic) bond motifs is 1. The lowest BCUT2D eigenvalue weighted by molar-refractivity contribution is -0.285. The van der Waals surface area contributed by atoms with Gasteiger partial charge in [0, 0.05) is 13.2 Å². The number of primary amides is 1. The Labute approximate surface area is 95.5 Å². The van der Waals surface area contributed by atoms with Gasteiger partial charge in [-0.15, -0.1) is 0 Å². The second-order valence-corrected chi connectivity index (χ2v) is 3.57. The highest BCUT2D eigenvalue weighted by Crippen LogP contribution is 2.12. The molecule has 0 unspecified atom stereocenters. The average molecular weight is 233 g/mol. The van der Waals surface area contributed by atoms with E-state index in [-0.39, 0.29) is 17.5 Å². The van der Waals surface area contributed by atoms with E-state index in [4.69, 9.17) is 5.73 Å². The summed E-state index contributed by atoms with van der Waals surface area (Å²) in [6, 6.07) is 0.840. The molecule has 0 aliphatic rings. The largest absolute Gasteiger partial charge is 0.846 e. The summed E-state index contributed by atoms with van der Waals surface area (Å²) >= 11 is 0. The van der Waals surface area contributed by atoms with E-state index >= 15 is 0 Å². The van der Waals surface area contributed by atoms with Crippen LogP contribution in [-0.2, 0) is 18.3 Å². The van der Waals surface area contributed by atoms with Crippen molar-refractivity contribution in [1.82, 2.24) is 14.5 Å². The average Bonchev–Trinajstić information content (AvgIpc) is 2.25. The summed E-state index contributed by atoms with van der Waals surface area (Å²) in [7, 11) is 1.32. The number of aromatic nitrogens is 3. The second-order valence-electron chi connectivity index (χ2n) is 3.57. The molecule has 88 valence electrons. The zero-order valence-corrected chi connectivity index (χ0v) is 9.01. The maximum Gasteiger partial charge on any atom is 0.262 e. The van der Waals surface area contributed by atoms with E-state index in [1.54, 1.807) is 0 Å². The molecule has 0 aliphatic heterocycles. The Morgan fingerprint density at radius 1 is 1.59 bits per heavy atom. The zero-order valence-electron chi connectivity index (χ0n) is 9.01. The summed E-state index contributed by atoms with van der Waals surface area (Å²) in [6.07, 6.45) is 1.29. The van der Waals surface area contributed by atoms with Crippen LogP contribution in [-0.4, -0.2) is 20.4 Å². The number of pyridine rings is 1. The Morgan fingerprint density at radius 2 is 2.29 bits per heavy atom. The summed E-state index contributed by atoms with van der Waals surface area (Å²) in [6.45, 7) is 0. The van der Waals surface area contributed by atoms with Crippen molar-refractivity contribution >= 4 is 16.9 Å². The minimum atomic E-state index is -0.675. The van der Waals surface area contributed by atoms with Gasteiger partial charge in [0.05, 0.1) is 17.8 Å². The predicted molar refractivity (Wildman–Crippen MR) is 57.1 cm³/mol. The first-order valence-corrected chi connectivity index (χ1v) is 4.80. The summed E-state index contributed by atoms with van der Waals surface area (Å²) in [4.78, 5) is 30.3. The molecule has 0 fully saturated rings. The summed E-state index contributed by atoms with van der Waals surface area (Å²) < 4.78 is 0.870. The van der Waals surface area contributed by atoms with Gasteiger partial charge in [-0.1, -0.05) is 0 Å². The number of hydrogen-bond donors (Lipinski definition) is 1. The van der Waals surface area contributed by atoms with Crippen LogP contribution in [0.15, 0.2) is 17.1 Å². The van der Waals surface area contributed by atoms with Gasteiger partial charge in [-0.25, -0.2) is 9.97 Å². The van der Waals surface area contributed by atoms with Crippen molar-refractivity contribution in [1.29, 1.82) is 0 Å². The summed E-state index contributed by atoms with van der Waals surface area (Å²) in [5, 5.41) is 11.5. The van der Waals surface area contributed by atoms with E-state index < -0.39 is 17.5 Å². The molecule has 0 bridgehead atoms. The van der Waals surface area contributed by atoms with Crippen molar-refractivity contribution in [3.8, 4) is 6.01 Å². The van der Waals surface area contributed by atoms with Crippen LogP contribution in [0.1, 0.15) is 5.56 Å². The molecule has 2 aromatic rings.